The molecule has 0 atom stereocenters. The predicted octanol–water partition coefficient (Wildman–Crippen LogP) is 4.72. The van der Waals surface area contributed by atoms with Crippen molar-refractivity contribution in [2.45, 2.75) is 12.4 Å². The summed E-state index contributed by atoms with van der Waals surface area (Å²) in [5, 5.41) is 0.709. The summed E-state index contributed by atoms with van der Waals surface area (Å²) in [7, 11) is 3.69. The predicted molar refractivity (Wildman–Crippen MR) is 86.1 cm³/mol. The molecule has 0 heterocycles. The second kappa shape index (κ2) is 6.87. The molecule has 106 valence electrons. The number of alkyl halides is 1. The van der Waals surface area contributed by atoms with Crippen LogP contribution in [-0.2, 0) is 12.4 Å². The highest BCUT2D eigenvalue weighted by atomic mass is 35.5. The van der Waals surface area contributed by atoms with Crippen molar-refractivity contribution in [2.75, 3.05) is 19.1 Å². The quantitative estimate of drug-likeness (QED) is 0.741. The largest absolute Gasteiger partial charge is 0.496 e. The first-order valence-electron chi connectivity index (χ1n) is 6.33. The van der Waals surface area contributed by atoms with Gasteiger partial charge < -0.3 is 9.64 Å². The lowest BCUT2D eigenvalue weighted by Gasteiger charge is -2.22. The fourth-order valence-corrected chi connectivity index (χ4v) is 2.63. The minimum absolute atomic E-state index is 0.468. The van der Waals surface area contributed by atoms with E-state index in [-0.39, 0.29) is 0 Å². The zero-order valence-electron chi connectivity index (χ0n) is 11.6. The molecule has 20 heavy (non-hydrogen) atoms. The van der Waals surface area contributed by atoms with Crippen LogP contribution >= 0.6 is 23.2 Å². The normalized spacial score (nSPS) is 10.4. The van der Waals surface area contributed by atoms with Crippen LogP contribution in [0.15, 0.2) is 42.5 Å². The van der Waals surface area contributed by atoms with Crippen molar-refractivity contribution >= 4 is 28.9 Å². The molecule has 0 aliphatic carbocycles. The molecule has 0 N–H and O–H groups in total. The van der Waals surface area contributed by atoms with Gasteiger partial charge in [-0.3, -0.25) is 0 Å². The van der Waals surface area contributed by atoms with E-state index in [1.807, 2.05) is 43.4 Å². The van der Waals surface area contributed by atoms with E-state index in [0.29, 0.717) is 10.9 Å². The first-order valence-corrected chi connectivity index (χ1v) is 7.24. The highest BCUT2D eigenvalue weighted by Gasteiger charge is 2.10. The third-order valence-electron chi connectivity index (χ3n) is 3.18. The van der Waals surface area contributed by atoms with Crippen LogP contribution in [0.5, 0.6) is 5.75 Å². The minimum Gasteiger partial charge on any atom is -0.496 e. The molecule has 0 unspecified atom stereocenters. The molecule has 0 radical (unpaired) electrons. The summed E-state index contributed by atoms with van der Waals surface area (Å²) >= 11 is 12.1. The van der Waals surface area contributed by atoms with E-state index in [4.69, 9.17) is 27.9 Å². The lowest BCUT2D eigenvalue weighted by atomic mass is 10.1. The van der Waals surface area contributed by atoms with E-state index in [1.165, 1.54) is 0 Å². The second-order valence-corrected chi connectivity index (χ2v) is 5.26. The Labute approximate surface area is 129 Å². The van der Waals surface area contributed by atoms with Crippen LogP contribution in [0.4, 0.5) is 5.69 Å². The average Bonchev–Trinajstić information content (AvgIpc) is 2.47. The Hall–Kier alpha value is -1.38. The molecule has 2 rings (SSSR count). The fraction of sp³-hybridized carbons (Fsp3) is 0.250. The molecule has 0 aliphatic rings. The molecule has 2 aromatic carbocycles. The summed E-state index contributed by atoms with van der Waals surface area (Å²) in [6.45, 7) is 0.726. The molecular formula is C16H17Cl2NO. The number of ether oxygens (including phenoxy) is 1. The molecule has 0 aromatic heterocycles. The van der Waals surface area contributed by atoms with Gasteiger partial charge >= 0.3 is 0 Å². The van der Waals surface area contributed by atoms with Gasteiger partial charge in [-0.1, -0.05) is 35.9 Å². The Morgan fingerprint density at radius 1 is 1.15 bits per heavy atom. The molecule has 0 amide bonds. The van der Waals surface area contributed by atoms with Crippen molar-refractivity contribution in [3.05, 3.63) is 58.6 Å². The van der Waals surface area contributed by atoms with Gasteiger partial charge in [0.1, 0.15) is 5.75 Å². The van der Waals surface area contributed by atoms with Crippen LogP contribution in [0.1, 0.15) is 11.1 Å². The number of nitrogens with zero attached hydrogens (tertiary/aromatic N) is 1. The van der Waals surface area contributed by atoms with Crippen LogP contribution in [0.2, 0.25) is 5.02 Å². The molecule has 0 bridgehead atoms. The van der Waals surface area contributed by atoms with Gasteiger partial charge in [-0.15, -0.1) is 11.6 Å². The number of methoxy groups -OCH3 is 1. The van der Waals surface area contributed by atoms with Gasteiger partial charge in [0.25, 0.3) is 0 Å². The van der Waals surface area contributed by atoms with Crippen LogP contribution in [0.25, 0.3) is 0 Å². The van der Waals surface area contributed by atoms with Gasteiger partial charge in [0, 0.05) is 25.0 Å². The Balaban J connectivity index is 2.21. The molecule has 2 aromatic rings. The van der Waals surface area contributed by atoms with Gasteiger partial charge in [0.2, 0.25) is 0 Å². The monoisotopic (exact) mass is 309 g/mol. The van der Waals surface area contributed by atoms with E-state index in [9.17, 15) is 0 Å². The Bertz CT molecular complexity index is 586. The lowest BCUT2D eigenvalue weighted by Crippen LogP contribution is -2.17. The van der Waals surface area contributed by atoms with Crippen LogP contribution < -0.4 is 9.64 Å². The maximum Gasteiger partial charge on any atom is 0.123 e. The minimum atomic E-state index is 0.468. The zero-order valence-corrected chi connectivity index (χ0v) is 13.1. The summed E-state index contributed by atoms with van der Waals surface area (Å²) in [4.78, 5) is 2.10. The van der Waals surface area contributed by atoms with Crippen LogP contribution in [0.3, 0.4) is 0 Å². The first-order chi connectivity index (χ1) is 9.65. The van der Waals surface area contributed by atoms with Crippen molar-refractivity contribution in [2.24, 2.45) is 0 Å². The van der Waals surface area contributed by atoms with Crippen molar-refractivity contribution in [3.63, 3.8) is 0 Å². The van der Waals surface area contributed by atoms with Gasteiger partial charge in [-0.25, -0.2) is 0 Å². The smallest absolute Gasteiger partial charge is 0.123 e. The van der Waals surface area contributed by atoms with E-state index in [0.717, 1.165) is 29.1 Å². The average molecular weight is 310 g/mol. The highest BCUT2D eigenvalue weighted by Crippen LogP contribution is 2.29. The number of hydrogen-bond acceptors (Lipinski definition) is 2. The Kier molecular flexibility index (Phi) is 5.16. The molecule has 0 saturated carbocycles. The molecule has 0 spiro atoms. The third-order valence-corrected chi connectivity index (χ3v) is 3.79. The zero-order chi connectivity index (χ0) is 14.5. The standard InChI is InChI=1S/C16H17Cl2NO/c1-19(11-13-5-3-4-6-16(13)20-2)15-8-7-12(10-17)9-14(15)18/h3-9H,10-11H2,1-2H3. The molecule has 0 fully saturated rings. The summed E-state index contributed by atoms with van der Waals surface area (Å²) in [6, 6.07) is 13.9. The SMILES string of the molecule is COc1ccccc1CN(C)c1ccc(CCl)cc1Cl. The van der Waals surface area contributed by atoms with E-state index >= 15 is 0 Å². The third kappa shape index (κ3) is 3.38. The van der Waals surface area contributed by atoms with E-state index in [2.05, 4.69) is 11.0 Å². The second-order valence-electron chi connectivity index (χ2n) is 4.59. The van der Waals surface area contributed by atoms with Crippen LogP contribution in [0, 0.1) is 0 Å². The maximum atomic E-state index is 6.31. The van der Waals surface area contributed by atoms with Gasteiger partial charge in [-0.05, 0) is 23.8 Å². The van der Waals surface area contributed by atoms with Crippen molar-refractivity contribution < 1.29 is 4.74 Å². The van der Waals surface area contributed by atoms with Crippen molar-refractivity contribution in [3.8, 4) is 5.75 Å². The number of para-hydroxylation sites is 1. The fourth-order valence-electron chi connectivity index (χ4n) is 2.12. The Morgan fingerprint density at radius 3 is 2.55 bits per heavy atom. The molecule has 4 heteroatoms. The number of anilines is 1. The first kappa shape index (κ1) is 15.0. The number of benzene rings is 2. The molecule has 0 saturated heterocycles. The molecule has 0 aliphatic heterocycles. The van der Waals surface area contributed by atoms with Gasteiger partial charge in [-0.2, -0.15) is 0 Å². The summed E-state index contributed by atoms with van der Waals surface area (Å²) in [5.41, 5.74) is 3.12. The molecular weight excluding hydrogens is 293 g/mol. The summed E-state index contributed by atoms with van der Waals surface area (Å²) in [6.07, 6.45) is 0. The number of rotatable bonds is 5. The number of halogens is 2. The molecule has 2 nitrogen and oxygen atoms in total. The summed E-state index contributed by atoms with van der Waals surface area (Å²) in [5.74, 6) is 1.35. The highest BCUT2D eigenvalue weighted by molar-refractivity contribution is 6.33. The van der Waals surface area contributed by atoms with Crippen LogP contribution in [-0.4, -0.2) is 14.2 Å². The Morgan fingerprint density at radius 2 is 1.90 bits per heavy atom. The van der Waals surface area contributed by atoms with E-state index < -0.39 is 0 Å². The lowest BCUT2D eigenvalue weighted by molar-refractivity contribution is 0.409. The van der Waals surface area contributed by atoms with Gasteiger partial charge in [0.05, 0.1) is 17.8 Å². The number of hydrogen-bond donors (Lipinski definition) is 0. The van der Waals surface area contributed by atoms with Crippen molar-refractivity contribution in [1.82, 2.24) is 0 Å². The topological polar surface area (TPSA) is 12.5 Å². The maximum absolute atomic E-state index is 6.31. The van der Waals surface area contributed by atoms with Gasteiger partial charge in [0.15, 0.2) is 0 Å². The van der Waals surface area contributed by atoms with E-state index in [1.54, 1.807) is 7.11 Å². The van der Waals surface area contributed by atoms with Crippen molar-refractivity contribution in [1.29, 1.82) is 0 Å². The summed E-state index contributed by atoms with van der Waals surface area (Å²) < 4.78 is 5.37.